The predicted octanol–water partition coefficient (Wildman–Crippen LogP) is -3.25. The number of carbonyl (C=O) groups excluding carboxylic acids is 1. The molecule has 0 aliphatic carbocycles. The van der Waals surface area contributed by atoms with E-state index in [1.54, 1.807) is 0 Å². The zero-order valence-electron chi connectivity index (χ0n) is 12.3. The Morgan fingerprint density at radius 1 is 1.00 bits per heavy atom. The lowest BCUT2D eigenvalue weighted by Gasteiger charge is -2.01. The van der Waals surface area contributed by atoms with E-state index in [-0.39, 0.29) is 31.1 Å². The van der Waals surface area contributed by atoms with Gasteiger partial charge in [0.2, 0.25) is 24.1 Å². The largest absolute Gasteiger partial charge is 0.394 e. The number of aldehydes is 1. The highest BCUT2D eigenvalue weighted by Crippen LogP contribution is 1.97. The topological polar surface area (TPSA) is 213 Å². The van der Waals surface area contributed by atoms with Crippen molar-refractivity contribution >= 4 is 24.1 Å². The fourth-order valence-corrected chi connectivity index (χ4v) is 0.692. The van der Waals surface area contributed by atoms with Gasteiger partial charge in [-0.15, -0.1) is 0 Å². The summed E-state index contributed by atoms with van der Waals surface area (Å²) in [5, 5.41) is 24.0. The van der Waals surface area contributed by atoms with E-state index in [2.05, 4.69) is 24.4 Å². The van der Waals surface area contributed by atoms with Gasteiger partial charge in [-0.25, -0.2) is 0 Å². The summed E-state index contributed by atoms with van der Waals surface area (Å²) < 4.78 is 8.92. The van der Waals surface area contributed by atoms with Gasteiger partial charge in [0.05, 0.1) is 13.2 Å². The van der Waals surface area contributed by atoms with Crippen molar-refractivity contribution in [3.8, 4) is 0 Å². The van der Waals surface area contributed by atoms with Crippen molar-refractivity contribution in [2.45, 2.75) is 12.4 Å². The van der Waals surface area contributed by atoms with Gasteiger partial charge in [-0.3, -0.25) is 4.79 Å². The summed E-state index contributed by atoms with van der Waals surface area (Å²) >= 11 is 0. The van der Waals surface area contributed by atoms with Crippen LogP contribution in [0.5, 0.6) is 0 Å². The van der Waals surface area contributed by atoms with E-state index in [0.29, 0.717) is 6.29 Å². The number of anilines is 3. The molecule has 0 bridgehead atoms. The Balaban J connectivity index is 0. The lowest BCUT2D eigenvalue weighted by atomic mass is 10.4. The zero-order valence-corrected chi connectivity index (χ0v) is 12.3. The van der Waals surface area contributed by atoms with Crippen molar-refractivity contribution in [3.63, 3.8) is 0 Å². The van der Waals surface area contributed by atoms with Gasteiger partial charge < -0.3 is 42.0 Å². The van der Waals surface area contributed by atoms with Crippen LogP contribution < -0.4 is 17.2 Å². The van der Waals surface area contributed by atoms with Crippen LogP contribution in [0.25, 0.3) is 0 Å². The maximum Gasteiger partial charge on any atom is 0.226 e. The first-order chi connectivity index (χ1) is 10.3. The summed E-state index contributed by atoms with van der Waals surface area (Å²) in [5.41, 5.74) is 15.4. The van der Waals surface area contributed by atoms with Crippen LogP contribution in [0.3, 0.4) is 0 Å². The van der Waals surface area contributed by atoms with Crippen molar-refractivity contribution < 1.29 is 29.6 Å². The molecule has 0 aliphatic rings. The molecule has 0 radical (unpaired) electrons. The first-order valence-electron chi connectivity index (χ1n) is 5.77. The molecule has 0 aliphatic heterocycles. The van der Waals surface area contributed by atoms with E-state index in [1.807, 2.05) is 0 Å². The number of rotatable bonds is 5. The molecule has 1 heterocycles. The molecule has 0 aromatic carbocycles. The van der Waals surface area contributed by atoms with E-state index in [1.165, 1.54) is 14.2 Å². The highest BCUT2D eigenvalue weighted by molar-refractivity contribution is 5.53. The van der Waals surface area contributed by atoms with Gasteiger partial charge >= 0.3 is 0 Å². The van der Waals surface area contributed by atoms with Crippen LogP contribution in [0.1, 0.15) is 0 Å². The molecule has 22 heavy (non-hydrogen) atoms. The zero-order chi connectivity index (χ0) is 17.5. The second kappa shape index (κ2) is 13.8. The molecular formula is C10H22N6O6. The monoisotopic (exact) mass is 322 g/mol. The minimum Gasteiger partial charge on any atom is -0.394 e. The number of carbonyl (C=O) groups is 1. The second-order valence-corrected chi connectivity index (χ2v) is 3.40. The first-order valence-corrected chi connectivity index (χ1v) is 5.77. The fraction of sp³-hybridized carbons (Fsp3) is 0.600. The molecule has 1 aromatic rings. The second-order valence-electron chi connectivity index (χ2n) is 3.40. The van der Waals surface area contributed by atoms with Crippen molar-refractivity contribution in [1.29, 1.82) is 0 Å². The molecule has 1 aromatic heterocycles. The number of nitrogen functional groups attached to an aromatic ring is 3. The third kappa shape index (κ3) is 12.9. The number of aromatic nitrogens is 3. The van der Waals surface area contributed by atoms with Crippen molar-refractivity contribution in [2.24, 2.45) is 0 Å². The summed E-state index contributed by atoms with van der Waals surface area (Å²) in [6.07, 6.45) is -1.06. The average Bonchev–Trinajstić information content (AvgIpc) is 2.48. The smallest absolute Gasteiger partial charge is 0.226 e. The van der Waals surface area contributed by atoms with Gasteiger partial charge in [0.25, 0.3) is 0 Å². The molecule has 128 valence electrons. The van der Waals surface area contributed by atoms with Crippen LogP contribution in [-0.2, 0) is 14.3 Å². The Hall–Kier alpha value is -2.12. The van der Waals surface area contributed by atoms with E-state index in [9.17, 15) is 4.79 Å². The van der Waals surface area contributed by atoms with Crippen LogP contribution in [0, 0.1) is 0 Å². The minimum absolute atomic E-state index is 0.0417. The lowest BCUT2D eigenvalue weighted by molar-refractivity contribution is -0.143. The molecule has 0 saturated heterocycles. The molecule has 12 heteroatoms. The minimum atomic E-state index is -0.954. The quantitative estimate of drug-likeness (QED) is 0.233. The molecule has 9 N–H and O–H groups in total. The Morgan fingerprint density at radius 3 is 1.41 bits per heavy atom. The van der Waals surface area contributed by atoms with Crippen LogP contribution >= 0.6 is 0 Å². The lowest BCUT2D eigenvalue weighted by Crippen LogP contribution is -2.15. The van der Waals surface area contributed by atoms with Crippen LogP contribution in [-0.4, -0.2) is 76.4 Å². The Bertz CT molecular complexity index is 351. The SMILES string of the molecule is COC(C=O)OC.Nc1nc(N)nc(N)n1.OCC(O)CO. The van der Waals surface area contributed by atoms with Gasteiger partial charge in [-0.05, 0) is 0 Å². The summed E-state index contributed by atoms with van der Waals surface area (Å²) in [6.45, 7) is -0.729. The maximum atomic E-state index is 9.72. The Morgan fingerprint density at radius 2 is 1.32 bits per heavy atom. The van der Waals surface area contributed by atoms with Crippen molar-refractivity contribution in [1.82, 2.24) is 15.0 Å². The summed E-state index contributed by atoms with van der Waals surface area (Å²) in [6, 6.07) is 0. The van der Waals surface area contributed by atoms with Gasteiger partial charge in [-0.1, -0.05) is 0 Å². The number of methoxy groups -OCH3 is 2. The third-order valence-electron chi connectivity index (χ3n) is 1.68. The summed E-state index contributed by atoms with van der Waals surface area (Å²) in [5.74, 6) is 0.125. The molecular weight excluding hydrogens is 300 g/mol. The van der Waals surface area contributed by atoms with Crippen molar-refractivity contribution in [3.05, 3.63) is 0 Å². The van der Waals surface area contributed by atoms with E-state index in [4.69, 9.17) is 32.5 Å². The Kier molecular flexibility index (Phi) is 13.9. The van der Waals surface area contributed by atoms with E-state index < -0.39 is 12.4 Å². The molecule has 12 nitrogen and oxygen atoms in total. The van der Waals surface area contributed by atoms with E-state index in [0.717, 1.165) is 0 Å². The number of nitrogens with zero attached hydrogens (tertiary/aromatic N) is 3. The summed E-state index contributed by atoms with van der Waals surface area (Å²) in [4.78, 5) is 20.2. The van der Waals surface area contributed by atoms with Crippen LogP contribution in [0.4, 0.5) is 17.8 Å². The first kappa shape index (κ1) is 22.2. The molecule has 0 amide bonds. The van der Waals surface area contributed by atoms with Gasteiger partial charge in [0, 0.05) is 14.2 Å². The Labute approximate surface area is 126 Å². The third-order valence-corrected chi connectivity index (χ3v) is 1.68. The number of hydrogen-bond acceptors (Lipinski definition) is 12. The fourth-order valence-electron chi connectivity index (χ4n) is 0.692. The molecule has 0 spiro atoms. The van der Waals surface area contributed by atoms with Gasteiger partial charge in [0.1, 0.15) is 6.10 Å². The van der Waals surface area contributed by atoms with Crippen LogP contribution in [0.15, 0.2) is 0 Å². The predicted molar refractivity (Wildman–Crippen MR) is 77.1 cm³/mol. The number of nitrogens with two attached hydrogens (primary N) is 3. The number of aliphatic hydroxyl groups excluding tert-OH is 3. The van der Waals surface area contributed by atoms with Gasteiger partial charge in [-0.2, -0.15) is 15.0 Å². The normalized spacial score (nSPS) is 9.59. The molecule has 0 fully saturated rings. The highest BCUT2D eigenvalue weighted by Gasteiger charge is 1.97. The number of aliphatic hydroxyl groups is 3. The highest BCUT2D eigenvalue weighted by atomic mass is 16.7. The van der Waals surface area contributed by atoms with Crippen molar-refractivity contribution in [2.75, 3.05) is 44.6 Å². The number of ether oxygens (including phenoxy) is 2. The molecule has 1 rings (SSSR count). The average molecular weight is 322 g/mol. The molecule has 0 saturated carbocycles. The van der Waals surface area contributed by atoms with Gasteiger partial charge in [0.15, 0.2) is 6.29 Å². The van der Waals surface area contributed by atoms with E-state index >= 15 is 0 Å². The van der Waals surface area contributed by atoms with Crippen LogP contribution in [0.2, 0.25) is 0 Å². The summed E-state index contributed by atoms with van der Waals surface area (Å²) in [7, 11) is 2.81. The molecule has 0 atom stereocenters. The molecule has 0 unspecified atom stereocenters. The maximum absolute atomic E-state index is 9.72. The standard InChI is InChI=1S/C4H8O3.C3H6N6.C3H8O3/c1-6-4(3-5)7-2;4-1-7-2(5)9-3(6)8-1;4-1-3(6)2-5/h3-4H,1-2H3;(H6,4,5,6,7,8,9);3-6H,1-2H2. The number of hydrogen-bond donors (Lipinski definition) is 6.